The highest BCUT2D eigenvalue weighted by Gasteiger charge is 2.20. The molecule has 0 unspecified atom stereocenters. The first-order chi connectivity index (χ1) is 13.9. The van der Waals surface area contributed by atoms with Crippen molar-refractivity contribution in [3.8, 4) is 0 Å². The largest absolute Gasteiger partial charge is 0.478 e. The number of hydrogen-bond acceptors (Lipinski definition) is 4. The number of carboxylic acid groups (broad SMARTS) is 1. The summed E-state index contributed by atoms with van der Waals surface area (Å²) < 4.78 is 0. The van der Waals surface area contributed by atoms with Crippen molar-refractivity contribution in [2.24, 2.45) is 5.73 Å². The Labute approximate surface area is 189 Å². The molecule has 3 aromatic rings. The first kappa shape index (κ1) is 23.5. The van der Waals surface area contributed by atoms with Gasteiger partial charge in [-0.15, -0.1) is 12.4 Å². The van der Waals surface area contributed by atoms with Crippen LogP contribution in [-0.2, 0) is 6.54 Å². The number of hydrogen-bond donors (Lipinski definition) is 4. The lowest BCUT2D eigenvalue weighted by atomic mass is 10.1. The van der Waals surface area contributed by atoms with Crippen LogP contribution < -0.4 is 16.4 Å². The third-order valence-corrected chi connectivity index (χ3v) is 4.90. The molecule has 0 radical (unpaired) electrons. The summed E-state index contributed by atoms with van der Waals surface area (Å²) in [4.78, 5) is 24.3. The number of carbonyl (C=O) groups is 2. The topological polar surface area (TPSA) is 104 Å². The van der Waals surface area contributed by atoms with E-state index in [2.05, 4.69) is 10.6 Å². The number of benzene rings is 3. The molecule has 3 rings (SSSR count). The van der Waals surface area contributed by atoms with Gasteiger partial charge in [0.15, 0.2) is 0 Å². The second-order valence-electron chi connectivity index (χ2n) is 6.14. The van der Waals surface area contributed by atoms with Gasteiger partial charge in [0.2, 0.25) is 0 Å². The maximum Gasteiger partial charge on any atom is 0.336 e. The molecule has 0 aliphatic rings. The third kappa shape index (κ3) is 5.43. The van der Waals surface area contributed by atoms with E-state index in [1.165, 1.54) is 6.07 Å². The summed E-state index contributed by atoms with van der Waals surface area (Å²) in [6.07, 6.45) is 0. The molecule has 0 atom stereocenters. The van der Waals surface area contributed by atoms with Crippen LogP contribution >= 0.6 is 35.6 Å². The van der Waals surface area contributed by atoms with Crippen LogP contribution in [0.1, 0.15) is 26.3 Å². The van der Waals surface area contributed by atoms with Crippen LogP contribution in [0.3, 0.4) is 0 Å². The molecule has 0 saturated heterocycles. The first-order valence-corrected chi connectivity index (χ1v) is 9.33. The van der Waals surface area contributed by atoms with E-state index in [1.54, 1.807) is 18.2 Å². The quantitative estimate of drug-likeness (QED) is 0.380. The lowest BCUT2D eigenvalue weighted by Gasteiger charge is -2.14. The summed E-state index contributed by atoms with van der Waals surface area (Å²) >= 11 is 11.9. The highest BCUT2D eigenvalue weighted by atomic mass is 35.5. The van der Waals surface area contributed by atoms with Crippen molar-refractivity contribution in [2.45, 2.75) is 6.54 Å². The highest BCUT2D eigenvalue weighted by molar-refractivity contribution is 6.42. The van der Waals surface area contributed by atoms with Crippen LogP contribution in [0, 0.1) is 0 Å². The molecule has 156 valence electrons. The minimum absolute atomic E-state index is 0. The molecule has 5 N–H and O–H groups in total. The van der Waals surface area contributed by atoms with Gasteiger partial charge in [-0.3, -0.25) is 4.79 Å². The zero-order chi connectivity index (χ0) is 21.0. The minimum atomic E-state index is -1.28. The number of carboxylic acids is 1. The molecule has 0 aromatic heterocycles. The summed E-state index contributed by atoms with van der Waals surface area (Å²) in [5.74, 6) is -1.89. The molecule has 9 heteroatoms. The van der Waals surface area contributed by atoms with Crippen LogP contribution in [0.25, 0.3) is 0 Å². The average Bonchev–Trinajstić information content (AvgIpc) is 2.71. The van der Waals surface area contributed by atoms with Gasteiger partial charge in [-0.05, 0) is 42.0 Å². The van der Waals surface area contributed by atoms with Crippen molar-refractivity contribution in [1.82, 2.24) is 0 Å². The Morgan fingerprint density at radius 2 is 1.47 bits per heavy atom. The van der Waals surface area contributed by atoms with Crippen LogP contribution in [0.5, 0.6) is 0 Å². The average molecular weight is 467 g/mol. The van der Waals surface area contributed by atoms with Gasteiger partial charge in [0, 0.05) is 12.2 Å². The Balaban J connectivity index is 0.00000320. The van der Waals surface area contributed by atoms with E-state index in [9.17, 15) is 14.7 Å². The Bertz CT molecular complexity index is 1070. The number of anilines is 3. The fourth-order valence-corrected chi connectivity index (χ4v) is 3.01. The van der Waals surface area contributed by atoms with Gasteiger partial charge in [-0.1, -0.05) is 47.5 Å². The van der Waals surface area contributed by atoms with E-state index in [-0.39, 0.29) is 33.6 Å². The molecule has 0 aliphatic heterocycles. The molecule has 0 saturated carbocycles. The molecule has 3 aromatic carbocycles. The first-order valence-electron chi connectivity index (χ1n) is 8.58. The predicted octanol–water partition coefficient (Wildman–Crippen LogP) is 5.57. The number of halogens is 3. The lowest BCUT2D eigenvalue weighted by molar-refractivity contribution is 0.0692. The molecule has 0 aliphatic carbocycles. The van der Waals surface area contributed by atoms with Crippen molar-refractivity contribution < 1.29 is 14.7 Å². The van der Waals surface area contributed by atoms with Gasteiger partial charge >= 0.3 is 5.97 Å². The van der Waals surface area contributed by atoms with Gasteiger partial charge < -0.3 is 21.5 Å². The standard InChI is InChI=1S/C21H17Cl2N3O3.ClH/c22-16-9-14(15(21(28)29)10-17(16)23)20(27)26-19-4-2-1-3-18(19)25-13-7-5-12(11-24)6-8-13;/h1-10,25H,11,24H2,(H,26,27)(H,28,29);1H. The van der Waals surface area contributed by atoms with E-state index < -0.39 is 11.9 Å². The van der Waals surface area contributed by atoms with Gasteiger partial charge in [-0.2, -0.15) is 0 Å². The van der Waals surface area contributed by atoms with Crippen molar-refractivity contribution in [3.05, 3.63) is 87.4 Å². The molecule has 0 bridgehead atoms. The molecule has 0 heterocycles. The van der Waals surface area contributed by atoms with Crippen molar-refractivity contribution in [2.75, 3.05) is 10.6 Å². The maximum absolute atomic E-state index is 12.8. The molecular formula is C21H18Cl3N3O3. The maximum atomic E-state index is 12.8. The van der Waals surface area contributed by atoms with Crippen molar-refractivity contribution in [1.29, 1.82) is 0 Å². The number of para-hydroxylation sites is 2. The Morgan fingerprint density at radius 3 is 2.03 bits per heavy atom. The number of carbonyl (C=O) groups excluding carboxylic acids is 1. The Hall–Kier alpha value is -2.77. The summed E-state index contributed by atoms with van der Waals surface area (Å²) in [5, 5.41) is 15.5. The van der Waals surface area contributed by atoms with Gasteiger partial charge in [0.05, 0.1) is 32.5 Å². The summed E-state index contributed by atoms with van der Waals surface area (Å²) in [6.45, 7) is 0.447. The Kier molecular flexibility index (Phi) is 8.08. The van der Waals surface area contributed by atoms with Crippen molar-refractivity contribution >= 4 is 64.5 Å². The fraction of sp³-hybridized carbons (Fsp3) is 0.0476. The van der Waals surface area contributed by atoms with Crippen LogP contribution in [0.2, 0.25) is 10.0 Å². The normalized spacial score (nSPS) is 10.1. The predicted molar refractivity (Wildman–Crippen MR) is 123 cm³/mol. The molecular weight excluding hydrogens is 449 g/mol. The van der Waals surface area contributed by atoms with Gasteiger partial charge in [0.25, 0.3) is 5.91 Å². The summed E-state index contributed by atoms with van der Waals surface area (Å²) in [5.41, 5.74) is 8.21. The smallest absolute Gasteiger partial charge is 0.336 e. The monoisotopic (exact) mass is 465 g/mol. The molecule has 1 amide bonds. The Morgan fingerprint density at radius 1 is 0.900 bits per heavy atom. The highest BCUT2D eigenvalue weighted by Crippen LogP contribution is 2.29. The van der Waals surface area contributed by atoms with Crippen LogP contribution in [-0.4, -0.2) is 17.0 Å². The molecule has 0 spiro atoms. The minimum Gasteiger partial charge on any atom is -0.478 e. The van der Waals surface area contributed by atoms with Gasteiger partial charge in [0.1, 0.15) is 0 Å². The van der Waals surface area contributed by atoms with E-state index >= 15 is 0 Å². The number of nitrogens with two attached hydrogens (primary N) is 1. The number of nitrogens with one attached hydrogen (secondary N) is 2. The molecule has 6 nitrogen and oxygen atoms in total. The molecule has 30 heavy (non-hydrogen) atoms. The van der Waals surface area contributed by atoms with Crippen LogP contribution in [0.4, 0.5) is 17.1 Å². The second-order valence-corrected chi connectivity index (χ2v) is 6.96. The summed E-state index contributed by atoms with van der Waals surface area (Å²) in [7, 11) is 0. The fourth-order valence-electron chi connectivity index (χ4n) is 2.68. The van der Waals surface area contributed by atoms with Gasteiger partial charge in [-0.25, -0.2) is 4.79 Å². The number of aromatic carboxylic acids is 1. The van der Waals surface area contributed by atoms with E-state index in [0.29, 0.717) is 17.9 Å². The van der Waals surface area contributed by atoms with E-state index in [1.807, 2.05) is 30.3 Å². The lowest BCUT2D eigenvalue weighted by Crippen LogP contribution is -2.17. The third-order valence-electron chi connectivity index (χ3n) is 4.18. The number of rotatable bonds is 6. The second kappa shape index (κ2) is 10.3. The van der Waals surface area contributed by atoms with Crippen molar-refractivity contribution in [3.63, 3.8) is 0 Å². The zero-order valence-electron chi connectivity index (χ0n) is 15.5. The van der Waals surface area contributed by atoms with Crippen LogP contribution in [0.15, 0.2) is 60.7 Å². The van der Waals surface area contributed by atoms with E-state index in [0.717, 1.165) is 17.3 Å². The zero-order valence-corrected chi connectivity index (χ0v) is 17.8. The number of amides is 1. The summed E-state index contributed by atoms with van der Waals surface area (Å²) in [6, 6.07) is 17.0. The van der Waals surface area contributed by atoms with E-state index in [4.69, 9.17) is 28.9 Å². The SMILES string of the molecule is Cl.NCc1ccc(Nc2ccccc2NC(=O)c2cc(Cl)c(Cl)cc2C(=O)O)cc1. The molecule has 0 fully saturated rings.